The fourth-order valence-corrected chi connectivity index (χ4v) is 2.09. The third-order valence-electron chi connectivity index (χ3n) is 2.90. The van der Waals surface area contributed by atoms with Gasteiger partial charge < -0.3 is 5.73 Å². The van der Waals surface area contributed by atoms with Crippen LogP contribution in [0.25, 0.3) is 17.1 Å². The largest absolute Gasteiger partial charge is 0.440 e. The number of aromatic nitrogens is 4. The SMILES string of the molecule is Nc1nc(-[n+]2ccc(-c3ccncc3)cc2)nc(Cl)c1Cl. The van der Waals surface area contributed by atoms with Crippen LogP contribution in [-0.4, -0.2) is 15.0 Å². The average molecular weight is 319 g/mol. The van der Waals surface area contributed by atoms with E-state index in [1.54, 1.807) is 17.0 Å². The summed E-state index contributed by atoms with van der Waals surface area (Å²) in [6.07, 6.45) is 7.15. The predicted octanol–water partition coefficient (Wildman–Crippen LogP) is 2.70. The van der Waals surface area contributed by atoms with Crippen LogP contribution in [0.1, 0.15) is 0 Å². The predicted molar refractivity (Wildman–Crippen MR) is 81.2 cm³/mol. The Morgan fingerprint density at radius 3 is 2.14 bits per heavy atom. The van der Waals surface area contributed by atoms with Crippen molar-refractivity contribution in [1.82, 2.24) is 15.0 Å². The number of nitrogens with two attached hydrogens (primary N) is 1. The number of pyridine rings is 2. The summed E-state index contributed by atoms with van der Waals surface area (Å²) in [7, 11) is 0. The summed E-state index contributed by atoms with van der Waals surface area (Å²) >= 11 is 11.8. The van der Waals surface area contributed by atoms with Gasteiger partial charge in [0.25, 0.3) is 0 Å². The van der Waals surface area contributed by atoms with Crippen LogP contribution in [0.5, 0.6) is 0 Å². The molecular weight excluding hydrogens is 309 g/mol. The first kappa shape index (κ1) is 13.7. The number of halogens is 2. The van der Waals surface area contributed by atoms with Gasteiger partial charge in [0.15, 0.2) is 5.02 Å². The lowest BCUT2D eigenvalue weighted by atomic mass is 10.1. The standard InChI is InChI=1S/C14H10Cl2N5/c15-11-12(16)19-14(20-13(11)17)21-7-3-10(4-8-21)9-1-5-18-6-2-9/h1-8H,(H2,17,19,20)/q+1. The second kappa shape index (κ2) is 5.63. The first-order valence-corrected chi connectivity index (χ1v) is 6.81. The lowest BCUT2D eigenvalue weighted by Crippen LogP contribution is -2.32. The van der Waals surface area contributed by atoms with Crippen molar-refractivity contribution < 1.29 is 4.57 Å². The van der Waals surface area contributed by atoms with Crippen LogP contribution in [0.3, 0.4) is 0 Å². The maximum Gasteiger partial charge on any atom is 0.440 e. The molecule has 0 aliphatic carbocycles. The summed E-state index contributed by atoms with van der Waals surface area (Å²) in [5.41, 5.74) is 7.82. The minimum atomic E-state index is 0.130. The van der Waals surface area contributed by atoms with E-state index in [1.165, 1.54) is 0 Å². The molecule has 0 bridgehead atoms. The molecule has 5 nitrogen and oxygen atoms in total. The van der Waals surface area contributed by atoms with Gasteiger partial charge in [0.05, 0.1) is 12.4 Å². The second-order valence-corrected chi connectivity index (χ2v) is 4.98. The van der Waals surface area contributed by atoms with Gasteiger partial charge in [-0.15, -0.1) is 0 Å². The third-order valence-corrected chi connectivity index (χ3v) is 3.64. The highest BCUT2D eigenvalue weighted by Gasteiger charge is 2.18. The summed E-state index contributed by atoms with van der Waals surface area (Å²) in [5.74, 6) is 0.514. The van der Waals surface area contributed by atoms with Gasteiger partial charge in [0.2, 0.25) is 11.0 Å². The van der Waals surface area contributed by atoms with Gasteiger partial charge in [-0.2, -0.15) is 0 Å². The van der Waals surface area contributed by atoms with Crippen molar-refractivity contribution in [1.29, 1.82) is 0 Å². The van der Waals surface area contributed by atoms with Crippen molar-refractivity contribution >= 4 is 29.0 Å². The Labute approximate surface area is 131 Å². The van der Waals surface area contributed by atoms with Crippen molar-refractivity contribution in [2.75, 3.05) is 5.73 Å². The van der Waals surface area contributed by atoms with Crippen molar-refractivity contribution in [2.45, 2.75) is 0 Å². The van der Waals surface area contributed by atoms with Gasteiger partial charge in [0.1, 0.15) is 0 Å². The molecular formula is C14H10Cl2N5+. The normalized spacial score (nSPS) is 10.6. The van der Waals surface area contributed by atoms with Crippen LogP contribution in [0, 0.1) is 0 Å². The minimum absolute atomic E-state index is 0.130. The van der Waals surface area contributed by atoms with Crippen LogP contribution in [0.2, 0.25) is 10.2 Å². The van der Waals surface area contributed by atoms with Gasteiger partial charge in [-0.05, 0) is 52.0 Å². The first-order chi connectivity index (χ1) is 10.1. The number of hydrogen-bond donors (Lipinski definition) is 1. The van der Waals surface area contributed by atoms with Crippen molar-refractivity contribution in [3.8, 4) is 17.1 Å². The van der Waals surface area contributed by atoms with Crippen molar-refractivity contribution in [2.24, 2.45) is 0 Å². The molecule has 104 valence electrons. The van der Waals surface area contributed by atoms with Gasteiger partial charge in [-0.3, -0.25) is 4.98 Å². The van der Waals surface area contributed by atoms with Gasteiger partial charge in [-0.25, -0.2) is 4.57 Å². The summed E-state index contributed by atoms with van der Waals surface area (Å²) in [5, 5.41) is 0.291. The Balaban J connectivity index is 1.98. The van der Waals surface area contributed by atoms with E-state index in [0.29, 0.717) is 5.95 Å². The molecule has 0 amide bonds. The Hall–Kier alpha value is -2.24. The number of hydrogen-bond acceptors (Lipinski definition) is 4. The number of rotatable bonds is 2. The second-order valence-electron chi connectivity index (χ2n) is 4.24. The van der Waals surface area contributed by atoms with E-state index in [9.17, 15) is 0 Å². The Bertz CT molecular complexity index is 752. The van der Waals surface area contributed by atoms with Crippen LogP contribution in [0.4, 0.5) is 5.82 Å². The monoisotopic (exact) mass is 318 g/mol. The van der Waals surface area contributed by atoms with E-state index >= 15 is 0 Å². The molecule has 3 heterocycles. The van der Waals surface area contributed by atoms with E-state index in [4.69, 9.17) is 28.9 Å². The molecule has 7 heteroatoms. The van der Waals surface area contributed by atoms with Crippen LogP contribution in [0.15, 0.2) is 49.1 Å². The molecule has 2 N–H and O–H groups in total. The molecule has 0 aliphatic rings. The summed E-state index contributed by atoms with van der Waals surface area (Å²) in [4.78, 5) is 12.2. The Morgan fingerprint density at radius 1 is 0.905 bits per heavy atom. The molecule has 3 rings (SSSR count). The van der Waals surface area contributed by atoms with Gasteiger partial charge >= 0.3 is 5.95 Å². The zero-order valence-electron chi connectivity index (χ0n) is 10.7. The fraction of sp³-hybridized carbons (Fsp3) is 0. The highest BCUT2D eigenvalue weighted by molar-refractivity contribution is 6.42. The maximum absolute atomic E-state index is 5.91. The summed E-state index contributed by atoms with van der Waals surface area (Å²) in [6, 6.07) is 7.76. The quantitative estimate of drug-likeness (QED) is 0.582. The lowest BCUT2D eigenvalue weighted by Gasteiger charge is -2.02. The first-order valence-electron chi connectivity index (χ1n) is 6.06. The highest BCUT2D eigenvalue weighted by atomic mass is 35.5. The Morgan fingerprint density at radius 2 is 1.52 bits per heavy atom. The van der Waals surface area contributed by atoms with E-state index < -0.39 is 0 Å². The number of nitrogens with zero attached hydrogens (tertiary/aromatic N) is 4. The van der Waals surface area contributed by atoms with Crippen molar-refractivity contribution in [3.05, 3.63) is 59.2 Å². The van der Waals surface area contributed by atoms with E-state index in [-0.39, 0.29) is 16.0 Å². The highest BCUT2D eigenvalue weighted by Crippen LogP contribution is 2.24. The fourth-order valence-electron chi connectivity index (χ4n) is 1.84. The lowest BCUT2D eigenvalue weighted by molar-refractivity contribution is -0.603. The zero-order chi connectivity index (χ0) is 14.8. The molecule has 0 spiro atoms. The third kappa shape index (κ3) is 2.79. The topological polar surface area (TPSA) is 68.6 Å². The smallest absolute Gasteiger partial charge is 0.368 e. The van der Waals surface area contributed by atoms with Gasteiger partial charge in [-0.1, -0.05) is 16.6 Å². The van der Waals surface area contributed by atoms with E-state index in [2.05, 4.69) is 15.0 Å². The molecule has 0 aliphatic heterocycles. The number of nitrogen functional groups attached to an aromatic ring is 1. The van der Waals surface area contributed by atoms with Gasteiger partial charge in [0, 0.05) is 12.4 Å². The zero-order valence-corrected chi connectivity index (χ0v) is 12.3. The molecule has 3 aromatic rings. The minimum Gasteiger partial charge on any atom is -0.368 e. The molecule has 0 aromatic carbocycles. The molecule has 0 fully saturated rings. The summed E-state index contributed by atoms with van der Waals surface area (Å²) < 4.78 is 1.71. The summed E-state index contributed by atoms with van der Waals surface area (Å²) in [6.45, 7) is 0. The molecule has 0 saturated heterocycles. The molecule has 0 unspecified atom stereocenters. The molecule has 0 saturated carbocycles. The van der Waals surface area contributed by atoms with Crippen molar-refractivity contribution in [3.63, 3.8) is 0 Å². The van der Waals surface area contributed by atoms with E-state index in [1.807, 2.05) is 36.7 Å². The average Bonchev–Trinajstić information content (AvgIpc) is 2.53. The van der Waals surface area contributed by atoms with Crippen LogP contribution >= 0.6 is 23.2 Å². The number of anilines is 1. The van der Waals surface area contributed by atoms with E-state index in [0.717, 1.165) is 11.1 Å². The molecule has 21 heavy (non-hydrogen) atoms. The maximum atomic E-state index is 5.91. The van der Waals surface area contributed by atoms with Crippen LogP contribution < -0.4 is 10.3 Å². The molecule has 0 atom stereocenters. The Kier molecular flexibility index (Phi) is 3.68. The molecule has 3 aromatic heterocycles. The molecule has 0 radical (unpaired) electrons. The van der Waals surface area contributed by atoms with Crippen LogP contribution in [-0.2, 0) is 0 Å².